The molecule has 0 radical (unpaired) electrons. The fourth-order valence-electron chi connectivity index (χ4n) is 3.19. The van der Waals surface area contributed by atoms with E-state index in [0.717, 1.165) is 38.5 Å². The highest BCUT2D eigenvalue weighted by atomic mass is 32.1. The largest absolute Gasteiger partial charge is 0.346 e. The topological polar surface area (TPSA) is 46.0 Å². The summed E-state index contributed by atoms with van der Waals surface area (Å²) in [5.41, 5.74) is 4.63. The number of benzene rings is 1. The summed E-state index contributed by atoms with van der Waals surface area (Å²) in [6.45, 7) is 2.07. The van der Waals surface area contributed by atoms with Gasteiger partial charge >= 0.3 is 0 Å². The Labute approximate surface area is 146 Å². The van der Waals surface area contributed by atoms with E-state index in [4.69, 9.17) is 4.98 Å². The lowest BCUT2D eigenvalue weighted by Crippen LogP contribution is -1.90. The van der Waals surface area contributed by atoms with Crippen LogP contribution >= 0.6 is 11.3 Å². The van der Waals surface area contributed by atoms with Crippen molar-refractivity contribution >= 4 is 27.3 Å². The Kier molecular flexibility index (Phi) is 3.02. The maximum Gasteiger partial charge on any atom is 0.194 e. The number of thiazole rings is 1. The zero-order valence-corrected chi connectivity index (χ0v) is 14.1. The minimum atomic E-state index is -0.251. The van der Waals surface area contributed by atoms with Crippen molar-refractivity contribution in [2.24, 2.45) is 0 Å². The second kappa shape index (κ2) is 5.26. The van der Waals surface area contributed by atoms with Gasteiger partial charge in [-0.3, -0.25) is 4.40 Å². The summed E-state index contributed by atoms with van der Waals surface area (Å²) in [5, 5.41) is 1.04. The van der Waals surface area contributed by atoms with Gasteiger partial charge in [-0.15, -0.1) is 11.3 Å². The van der Waals surface area contributed by atoms with Crippen LogP contribution in [0.25, 0.3) is 38.5 Å². The summed E-state index contributed by atoms with van der Waals surface area (Å²) in [6.07, 6.45) is 5.77. The molecule has 6 heteroatoms. The number of fused-ring (bicyclic) bond motifs is 2. The summed E-state index contributed by atoms with van der Waals surface area (Å²) in [7, 11) is 0. The van der Waals surface area contributed by atoms with E-state index < -0.39 is 0 Å². The van der Waals surface area contributed by atoms with Crippen molar-refractivity contribution in [3.63, 3.8) is 0 Å². The zero-order valence-electron chi connectivity index (χ0n) is 13.3. The second-order valence-electron chi connectivity index (χ2n) is 5.91. The lowest BCUT2D eigenvalue weighted by Gasteiger charge is -2.06. The van der Waals surface area contributed by atoms with Gasteiger partial charge in [-0.1, -0.05) is 0 Å². The summed E-state index contributed by atoms with van der Waals surface area (Å²) < 4.78 is 15.5. The number of nitrogens with one attached hydrogen (secondary N) is 1. The molecule has 4 heterocycles. The van der Waals surface area contributed by atoms with E-state index in [2.05, 4.69) is 27.5 Å². The number of pyridine rings is 1. The number of halogens is 1. The van der Waals surface area contributed by atoms with Crippen molar-refractivity contribution < 1.29 is 4.39 Å². The van der Waals surface area contributed by atoms with Crippen LogP contribution in [0.2, 0.25) is 0 Å². The molecule has 0 amide bonds. The minimum Gasteiger partial charge on any atom is -0.346 e. The smallest absolute Gasteiger partial charge is 0.194 e. The molecule has 0 spiro atoms. The van der Waals surface area contributed by atoms with Gasteiger partial charge in [-0.05, 0) is 43.3 Å². The molecule has 0 unspecified atom stereocenters. The normalized spacial score (nSPS) is 11.6. The molecule has 122 valence electrons. The standard InChI is InChI=1S/C19H13FN4S/c1-11-10-24-17(14-6-8-21-18-15(14)7-9-22-18)16(23-19(24)25-11)12-2-4-13(20)5-3-12/h2-10H,1H3,(H,21,22). The van der Waals surface area contributed by atoms with Crippen LogP contribution in [0.1, 0.15) is 4.88 Å². The van der Waals surface area contributed by atoms with E-state index in [1.54, 1.807) is 29.7 Å². The molecule has 4 aromatic heterocycles. The minimum absolute atomic E-state index is 0.251. The van der Waals surface area contributed by atoms with Gasteiger partial charge in [0, 0.05) is 40.0 Å². The fourth-order valence-corrected chi connectivity index (χ4v) is 4.02. The molecule has 25 heavy (non-hydrogen) atoms. The third-order valence-corrected chi connectivity index (χ3v) is 5.17. The van der Waals surface area contributed by atoms with Crippen LogP contribution in [0.5, 0.6) is 0 Å². The molecule has 0 atom stereocenters. The van der Waals surface area contributed by atoms with Crippen molar-refractivity contribution in [3.8, 4) is 22.5 Å². The molecule has 0 fully saturated rings. The molecule has 5 rings (SSSR count). The molecule has 0 aliphatic rings. The molecule has 0 aliphatic heterocycles. The summed E-state index contributed by atoms with van der Waals surface area (Å²) in [4.78, 5) is 14.5. The zero-order chi connectivity index (χ0) is 17.0. The Balaban J connectivity index is 1.88. The van der Waals surface area contributed by atoms with E-state index in [-0.39, 0.29) is 5.82 Å². The predicted octanol–water partition coefficient (Wildman–Crippen LogP) is 5.05. The van der Waals surface area contributed by atoms with Crippen LogP contribution in [0.4, 0.5) is 4.39 Å². The maximum absolute atomic E-state index is 13.4. The number of H-pyrrole nitrogens is 1. The summed E-state index contributed by atoms with van der Waals surface area (Å²) >= 11 is 1.64. The number of aromatic nitrogens is 4. The van der Waals surface area contributed by atoms with Gasteiger partial charge in [-0.2, -0.15) is 0 Å². The summed E-state index contributed by atoms with van der Waals surface area (Å²) in [6, 6.07) is 10.5. The Bertz CT molecular complexity index is 1210. The highest BCUT2D eigenvalue weighted by Gasteiger charge is 2.19. The quantitative estimate of drug-likeness (QED) is 0.485. The van der Waals surface area contributed by atoms with Crippen LogP contribution in [-0.4, -0.2) is 19.4 Å². The van der Waals surface area contributed by atoms with Crippen LogP contribution < -0.4 is 0 Å². The van der Waals surface area contributed by atoms with Crippen LogP contribution in [-0.2, 0) is 0 Å². The Morgan fingerprint density at radius 1 is 1.12 bits per heavy atom. The van der Waals surface area contributed by atoms with Crippen LogP contribution in [0.15, 0.2) is 55.0 Å². The number of hydrogen-bond acceptors (Lipinski definition) is 3. The van der Waals surface area contributed by atoms with Crippen molar-refractivity contribution in [3.05, 3.63) is 65.7 Å². The number of aryl methyl sites for hydroxylation is 1. The third-order valence-electron chi connectivity index (χ3n) is 4.27. The lowest BCUT2D eigenvalue weighted by molar-refractivity contribution is 0.628. The van der Waals surface area contributed by atoms with Gasteiger partial charge in [0.25, 0.3) is 0 Å². The average molecular weight is 348 g/mol. The number of rotatable bonds is 2. The third kappa shape index (κ3) is 2.18. The number of aromatic amines is 1. The van der Waals surface area contributed by atoms with Crippen LogP contribution in [0.3, 0.4) is 0 Å². The van der Waals surface area contributed by atoms with Gasteiger partial charge in [-0.25, -0.2) is 14.4 Å². The molecule has 1 aromatic carbocycles. The van der Waals surface area contributed by atoms with Gasteiger partial charge in [0.2, 0.25) is 0 Å². The van der Waals surface area contributed by atoms with Gasteiger partial charge < -0.3 is 4.98 Å². The number of hydrogen-bond donors (Lipinski definition) is 1. The monoisotopic (exact) mass is 348 g/mol. The van der Waals surface area contributed by atoms with E-state index in [1.165, 1.54) is 17.0 Å². The Hall–Kier alpha value is -2.99. The highest BCUT2D eigenvalue weighted by Crippen LogP contribution is 2.37. The summed E-state index contributed by atoms with van der Waals surface area (Å²) in [5.74, 6) is -0.251. The van der Waals surface area contributed by atoms with E-state index >= 15 is 0 Å². The first kappa shape index (κ1) is 14.4. The van der Waals surface area contributed by atoms with Gasteiger partial charge in [0.15, 0.2) is 4.96 Å². The molecular formula is C19H13FN4S. The van der Waals surface area contributed by atoms with E-state index in [0.29, 0.717) is 0 Å². The maximum atomic E-state index is 13.4. The van der Waals surface area contributed by atoms with E-state index in [1.807, 2.05) is 18.3 Å². The molecule has 1 N–H and O–H groups in total. The predicted molar refractivity (Wildman–Crippen MR) is 98.3 cm³/mol. The SMILES string of the molecule is Cc1cn2c(-c3ccnc4[nH]ccc34)c(-c3ccc(F)cc3)nc2s1. The fraction of sp³-hybridized carbons (Fsp3) is 0.0526. The highest BCUT2D eigenvalue weighted by molar-refractivity contribution is 7.17. The average Bonchev–Trinajstić information content (AvgIpc) is 3.29. The number of nitrogens with zero attached hydrogens (tertiary/aromatic N) is 3. The first-order valence-corrected chi connectivity index (χ1v) is 8.69. The number of imidazole rings is 1. The van der Waals surface area contributed by atoms with Crippen molar-refractivity contribution in [1.82, 2.24) is 19.4 Å². The molecule has 0 saturated carbocycles. The van der Waals surface area contributed by atoms with Crippen molar-refractivity contribution in [2.75, 3.05) is 0 Å². The lowest BCUT2D eigenvalue weighted by atomic mass is 10.0. The Morgan fingerprint density at radius 2 is 1.96 bits per heavy atom. The van der Waals surface area contributed by atoms with Gasteiger partial charge in [0.05, 0.1) is 11.4 Å². The van der Waals surface area contributed by atoms with Crippen molar-refractivity contribution in [2.45, 2.75) is 6.92 Å². The first-order chi connectivity index (χ1) is 12.2. The van der Waals surface area contributed by atoms with Crippen molar-refractivity contribution in [1.29, 1.82) is 0 Å². The molecule has 0 bridgehead atoms. The van der Waals surface area contributed by atoms with Gasteiger partial charge in [0.1, 0.15) is 11.5 Å². The molecule has 4 nitrogen and oxygen atoms in total. The second-order valence-corrected chi connectivity index (χ2v) is 7.12. The van der Waals surface area contributed by atoms with Crippen LogP contribution in [0, 0.1) is 12.7 Å². The molecular weight excluding hydrogens is 335 g/mol. The molecule has 0 aliphatic carbocycles. The first-order valence-electron chi connectivity index (χ1n) is 7.87. The van der Waals surface area contributed by atoms with E-state index in [9.17, 15) is 4.39 Å². The Morgan fingerprint density at radius 3 is 2.80 bits per heavy atom. The molecule has 0 saturated heterocycles. The molecule has 5 aromatic rings.